The lowest BCUT2D eigenvalue weighted by Gasteiger charge is -2.08. The fourth-order valence-electron chi connectivity index (χ4n) is 2.18. The third kappa shape index (κ3) is 2.18. The van der Waals surface area contributed by atoms with Crippen LogP contribution in [0.3, 0.4) is 0 Å². The van der Waals surface area contributed by atoms with Gasteiger partial charge in [0.25, 0.3) is 0 Å². The fraction of sp³-hybridized carbons (Fsp3) is 0.133. The van der Waals surface area contributed by atoms with Gasteiger partial charge in [-0.2, -0.15) is 0 Å². The lowest BCUT2D eigenvalue weighted by atomic mass is 10.2. The van der Waals surface area contributed by atoms with Crippen molar-refractivity contribution < 1.29 is 4.42 Å². The number of nitrogens with zero attached hydrogens (tertiary/aromatic N) is 1. The maximum Gasteiger partial charge on any atom is 0.189 e. The van der Waals surface area contributed by atoms with Gasteiger partial charge in [-0.05, 0) is 24.3 Å². The van der Waals surface area contributed by atoms with Crippen molar-refractivity contribution in [1.29, 1.82) is 0 Å². The summed E-state index contributed by atoms with van der Waals surface area (Å²) in [4.78, 5) is 11.8. The van der Waals surface area contributed by atoms with Crippen LogP contribution in [0.15, 0.2) is 57.9 Å². The number of aromatic nitrogens is 1. The SMILES string of the molecule is NCc1ccc(Cn2ccc(=O)c3ccccc32)o1. The van der Waals surface area contributed by atoms with E-state index in [9.17, 15) is 4.79 Å². The highest BCUT2D eigenvalue weighted by molar-refractivity contribution is 5.78. The third-order valence-corrected chi connectivity index (χ3v) is 3.13. The van der Waals surface area contributed by atoms with Crippen molar-refractivity contribution >= 4 is 10.9 Å². The molecule has 0 bridgehead atoms. The average Bonchev–Trinajstić information content (AvgIpc) is 2.90. The molecule has 0 atom stereocenters. The Morgan fingerprint density at radius 1 is 1.05 bits per heavy atom. The van der Waals surface area contributed by atoms with Gasteiger partial charge in [0.15, 0.2) is 5.43 Å². The molecule has 0 aliphatic heterocycles. The Morgan fingerprint density at radius 2 is 1.84 bits per heavy atom. The van der Waals surface area contributed by atoms with E-state index >= 15 is 0 Å². The van der Waals surface area contributed by atoms with E-state index in [1.54, 1.807) is 12.3 Å². The van der Waals surface area contributed by atoms with Gasteiger partial charge >= 0.3 is 0 Å². The van der Waals surface area contributed by atoms with E-state index in [2.05, 4.69) is 0 Å². The molecule has 0 saturated heterocycles. The monoisotopic (exact) mass is 254 g/mol. The maximum atomic E-state index is 11.8. The summed E-state index contributed by atoms with van der Waals surface area (Å²) in [7, 11) is 0. The second kappa shape index (κ2) is 4.74. The normalized spacial score (nSPS) is 11.0. The number of hydrogen-bond acceptors (Lipinski definition) is 3. The number of rotatable bonds is 3. The summed E-state index contributed by atoms with van der Waals surface area (Å²) in [6, 6.07) is 12.9. The third-order valence-electron chi connectivity index (χ3n) is 3.13. The Hall–Kier alpha value is -2.33. The molecule has 0 saturated carbocycles. The number of para-hydroxylation sites is 1. The van der Waals surface area contributed by atoms with Gasteiger partial charge in [0.2, 0.25) is 0 Å². The minimum atomic E-state index is 0.0361. The fourth-order valence-corrected chi connectivity index (χ4v) is 2.18. The minimum absolute atomic E-state index is 0.0361. The molecule has 1 aromatic carbocycles. The minimum Gasteiger partial charge on any atom is -0.463 e. The Labute approximate surface area is 110 Å². The molecule has 0 unspecified atom stereocenters. The quantitative estimate of drug-likeness (QED) is 0.778. The van der Waals surface area contributed by atoms with E-state index in [-0.39, 0.29) is 5.43 Å². The number of hydrogen-bond donors (Lipinski definition) is 1. The van der Waals surface area contributed by atoms with Crippen LogP contribution < -0.4 is 11.2 Å². The van der Waals surface area contributed by atoms with Gasteiger partial charge in [0.05, 0.1) is 18.6 Å². The highest BCUT2D eigenvalue weighted by Gasteiger charge is 2.05. The summed E-state index contributed by atoms with van der Waals surface area (Å²) in [5.74, 6) is 1.59. The molecule has 3 rings (SSSR count). The van der Waals surface area contributed by atoms with Crippen molar-refractivity contribution in [2.45, 2.75) is 13.1 Å². The van der Waals surface area contributed by atoms with Gasteiger partial charge < -0.3 is 14.7 Å². The number of benzene rings is 1. The van der Waals surface area contributed by atoms with E-state index in [1.807, 2.05) is 41.0 Å². The smallest absolute Gasteiger partial charge is 0.189 e. The molecule has 96 valence electrons. The largest absolute Gasteiger partial charge is 0.463 e. The van der Waals surface area contributed by atoms with Crippen LogP contribution in [0, 0.1) is 0 Å². The van der Waals surface area contributed by atoms with Gasteiger partial charge in [-0.1, -0.05) is 12.1 Å². The Bertz CT molecular complexity index is 771. The lowest BCUT2D eigenvalue weighted by Crippen LogP contribution is -2.08. The summed E-state index contributed by atoms with van der Waals surface area (Å²) >= 11 is 0. The van der Waals surface area contributed by atoms with Crippen LogP contribution in [0.4, 0.5) is 0 Å². The van der Waals surface area contributed by atoms with Gasteiger partial charge in [-0.25, -0.2) is 0 Å². The zero-order valence-electron chi connectivity index (χ0n) is 10.4. The van der Waals surface area contributed by atoms with Crippen LogP contribution in [-0.4, -0.2) is 4.57 Å². The first-order valence-electron chi connectivity index (χ1n) is 6.14. The number of fused-ring (bicyclic) bond motifs is 1. The van der Waals surface area contributed by atoms with Crippen molar-refractivity contribution in [3.8, 4) is 0 Å². The molecule has 0 fully saturated rings. The van der Waals surface area contributed by atoms with Crippen molar-refractivity contribution in [3.63, 3.8) is 0 Å². The molecule has 2 N–H and O–H groups in total. The van der Waals surface area contributed by atoms with Crippen LogP contribution in [0.2, 0.25) is 0 Å². The second-order valence-electron chi connectivity index (χ2n) is 4.40. The first kappa shape index (κ1) is 11.7. The van der Waals surface area contributed by atoms with E-state index < -0.39 is 0 Å². The second-order valence-corrected chi connectivity index (χ2v) is 4.40. The predicted molar refractivity (Wildman–Crippen MR) is 73.9 cm³/mol. The molecule has 19 heavy (non-hydrogen) atoms. The van der Waals surface area contributed by atoms with Crippen LogP contribution in [0.5, 0.6) is 0 Å². The topological polar surface area (TPSA) is 61.2 Å². The zero-order valence-corrected chi connectivity index (χ0v) is 10.4. The van der Waals surface area contributed by atoms with Crippen molar-refractivity contribution in [2.75, 3.05) is 0 Å². The molecule has 0 aliphatic rings. The molecule has 2 heterocycles. The van der Waals surface area contributed by atoms with Crippen molar-refractivity contribution in [2.24, 2.45) is 5.73 Å². The van der Waals surface area contributed by atoms with Crippen LogP contribution in [-0.2, 0) is 13.1 Å². The van der Waals surface area contributed by atoms with E-state index in [0.29, 0.717) is 13.1 Å². The lowest BCUT2D eigenvalue weighted by molar-refractivity contribution is 0.457. The van der Waals surface area contributed by atoms with Gasteiger partial charge in [-0.3, -0.25) is 4.79 Å². The summed E-state index contributed by atoms with van der Waals surface area (Å²) in [6.07, 6.45) is 1.79. The molecule has 0 aliphatic carbocycles. The van der Waals surface area contributed by atoms with Crippen molar-refractivity contribution in [1.82, 2.24) is 4.57 Å². The van der Waals surface area contributed by atoms with E-state index in [1.165, 1.54) is 0 Å². The highest BCUT2D eigenvalue weighted by Crippen LogP contribution is 2.14. The Morgan fingerprint density at radius 3 is 2.63 bits per heavy atom. The maximum absolute atomic E-state index is 11.8. The molecular weight excluding hydrogens is 240 g/mol. The average molecular weight is 254 g/mol. The number of nitrogens with two attached hydrogens (primary N) is 1. The molecule has 3 aromatic rings. The molecule has 0 radical (unpaired) electrons. The first-order chi connectivity index (χ1) is 9.28. The van der Waals surface area contributed by atoms with Crippen LogP contribution in [0.25, 0.3) is 10.9 Å². The molecule has 0 spiro atoms. The number of furan rings is 1. The Kier molecular flexibility index (Phi) is 2.93. The predicted octanol–water partition coefficient (Wildman–Crippen LogP) is 2.10. The van der Waals surface area contributed by atoms with Crippen molar-refractivity contribution in [3.05, 3.63) is 70.4 Å². The van der Waals surface area contributed by atoms with Gasteiger partial charge in [0, 0.05) is 17.6 Å². The molecular formula is C15H14N2O2. The van der Waals surface area contributed by atoms with Crippen LogP contribution in [0.1, 0.15) is 11.5 Å². The van der Waals surface area contributed by atoms with E-state index in [4.69, 9.17) is 10.2 Å². The summed E-state index contributed by atoms with van der Waals surface area (Å²) < 4.78 is 7.59. The highest BCUT2D eigenvalue weighted by atomic mass is 16.3. The molecule has 4 heteroatoms. The van der Waals surface area contributed by atoms with Gasteiger partial charge in [-0.15, -0.1) is 0 Å². The van der Waals surface area contributed by atoms with E-state index in [0.717, 1.165) is 22.4 Å². The van der Waals surface area contributed by atoms with Gasteiger partial charge in [0.1, 0.15) is 11.5 Å². The molecule has 4 nitrogen and oxygen atoms in total. The van der Waals surface area contributed by atoms with Crippen LogP contribution >= 0.6 is 0 Å². The summed E-state index contributed by atoms with van der Waals surface area (Å²) in [5.41, 5.74) is 6.46. The summed E-state index contributed by atoms with van der Waals surface area (Å²) in [5, 5.41) is 0.718. The zero-order chi connectivity index (χ0) is 13.2. The number of pyridine rings is 1. The molecule has 2 aromatic heterocycles. The Balaban J connectivity index is 2.06. The standard InChI is InChI=1S/C15H14N2O2/c16-9-11-5-6-12(19-11)10-17-8-7-15(18)13-3-1-2-4-14(13)17/h1-8H,9-10,16H2. The molecule has 0 amide bonds. The summed E-state index contributed by atoms with van der Waals surface area (Å²) in [6.45, 7) is 0.978. The first-order valence-corrected chi connectivity index (χ1v) is 6.14.